The zero-order valence-corrected chi connectivity index (χ0v) is 9.61. The first-order valence-corrected chi connectivity index (χ1v) is 5.72. The van der Waals surface area contributed by atoms with Crippen molar-refractivity contribution in [3.8, 4) is 0 Å². The average molecular weight is 262 g/mol. The molecular formula is C11H13F3N2O2. The third-order valence-corrected chi connectivity index (χ3v) is 2.86. The number of rotatable bonds is 4. The van der Waals surface area contributed by atoms with E-state index < -0.39 is 17.5 Å². The fourth-order valence-electron chi connectivity index (χ4n) is 1.92. The van der Waals surface area contributed by atoms with E-state index in [1.807, 2.05) is 0 Å². The molecule has 1 aromatic heterocycles. The molecule has 1 aliphatic heterocycles. The van der Waals surface area contributed by atoms with E-state index in [1.54, 1.807) is 0 Å². The Bertz CT molecular complexity index is 422. The van der Waals surface area contributed by atoms with E-state index in [4.69, 9.17) is 4.74 Å². The second-order valence-electron chi connectivity index (χ2n) is 4.24. The highest BCUT2D eigenvalue weighted by Crippen LogP contribution is 2.21. The summed E-state index contributed by atoms with van der Waals surface area (Å²) in [5.74, 6) is -1.86. The van der Waals surface area contributed by atoms with Gasteiger partial charge < -0.3 is 4.74 Å². The first kappa shape index (κ1) is 13.1. The molecule has 100 valence electrons. The topological polar surface area (TPSA) is 44.1 Å². The summed E-state index contributed by atoms with van der Waals surface area (Å²) in [6.07, 6.45) is 0.0628. The highest BCUT2D eigenvalue weighted by molar-refractivity contribution is 5.99. The van der Waals surface area contributed by atoms with Crippen LogP contribution in [0.4, 0.5) is 13.2 Å². The predicted molar refractivity (Wildman–Crippen MR) is 56.2 cm³/mol. The van der Waals surface area contributed by atoms with Crippen molar-refractivity contribution in [1.82, 2.24) is 9.78 Å². The van der Waals surface area contributed by atoms with Crippen molar-refractivity contribution in [2.45, 2.75) is 38.1 Å². The van der Waals surface area contributed by atoms with Gasteiger partial charge >= 0.3 is 6.18 Å². The van der Waals surface area contributed by atoms with Crippen LogP contribution in [0.15, 0.2) is 12.4 Å². The molecule has 18 heavy (non-hydrogen) atoms. The zero-order chi connectivity index (χ0) is 13.2. The Morgan fingerprint density at radius 1 is 1.56 bits per heavy atom. The van der Waals surface area contributed by atoms with E-state index in [2.05, 4.69) is 5.10 Å². The zero-order valence-electron chi connectivity index (χ0n) is 9.61. The number of halogens is 3. The molecule has 0 aromatic carbocycles. The van der Waals surface area contributed by atoms with Crippen LogP contribution in [-0.4, -0.2) is 34.5 Å². The number of nitrogens with zero attached hydrogens (tertiary/aromatic N) is 2. The molecule has 1 atom stereocenters. The average Bonchev–Trinajstić information content (AvgIpc) is 2.95. The maximum absolute atomic E-state index is 12.2. The number of alkyl halides is 3. The Hall–Kier alpha value is -1.37. The van der Waals surface area contributed by atoms with Gasteiger partial charge in [0.2, 0.25) is 0 Å². The lowest BCUT2D eigenvalue weighted by atomic mass is 10.2. The molecule has 1 aromatic rings. The number of Topliss-reactive ketones (excluding diaryl/α,β-unsaturated/α-hetero) is 1. The highest BCUT2D eigenvalue weighted by Gasteiger charge is 2.39. The lowest BCUT2D eigenvalue weighted by molar-refractivity contribution is -0.0885. The van der Waals surface area contributed by atoms with Gasteiger partial charge in [0.25, 0.3) is 5.78 Å². The molecule has 7 heteroatoms. The van der Waals surface area contributed by atoms with Gasteiger partial charge in [-0.15, -0.1) is 0 Å². The number of ether oxygens (including phenoxy) is 1. The summed E-state index contributed by atoms with van der Waals surface area (Å²) in [7, 11) is 0. The van der Waals surface area contributed by atoms with E-state index in [1.165, 1.54) is 4.68 Å². The van der Waals surface area contributed by atoms with Crippen LogP contribution < -0.4 is 0 Å². The van der Waals surface area contributed by atoms with Crippen LogP contribution in [0.1, 0.15) is 29.6 Å². The van der Waals surface area contributed by atoms with Gasteiger partial charge in [0.15, 0.2) is 0 Å². The van der Waals surface area contributed by atoms with Crippen LogP contribution in [0.3, 0.4) is 0 Å². The SMILES string of the molecule is O=C(c1cnn(CCC2CCCO2)c1)C(F)(F)F. The van der Waals surface area contributed by atoms with E-state index in [-0.39, 0.29) is 6.10 Å². The standard InChI is InChI=1S/C11H13F3N2O2/c12-11(13,14)10(17)8-6-15-16(7-8)4-3-9-2-1-5-18-9/h6-7,9H,1-5H2. The van der Waals surface area contributed by atoms with Crippen molar-refractivity contribution in [2.24, 2.45) is 0 Å². The molecule has 1 fully saturated rings. The number of ketones is 1. The van der Waals surface area contributed by atoms with Gasteiger partial charge in [0, 0.05) is 19.3 Å². The monoisotopic (exact) mass is 262 g/mol. The molecule has 0 spiro atoms. The third-order valence-electron chi connectivity index (χ3n) is 2.86. The lowest BCUT2D eigenvalue weighted by Crippen LogP contribution is -2.22. The molecule has 0 bridgehead atoms. The van der Waals surface area contributed by atoms with Crippen LogP contribution >= 0.6 is 0 Å². The number of aryl methyl sites for hydroxylation is 1. The summed E-state index contributed by atoms with van der Waals surface area (Å²) < 4.78 is 43.3. The molecule has 1 saturated heterocycles. The Balaban J connectivity index is 1.91. The molecule has 0 saturated carbocycles. The minimum absolute atomic E-state index is 0.149. The van der Waals surface area contributed by atoms with Crippen molar-refractivity contribution < 1.29 is 22.7 Å². The Labute approximate surface area is 102 Å². The van der Waals surface area contributed by atoms with Crippen LogP contribution in [0.25, 0.3) is 0 Å². The van der Waals surface area contributed by atoms with Gasteiger partial charge in [-0.1, -0.05) is 0 Å². The molecule has 1 aliphatic rings. The third kappa shape index (κ3) is 3.10. The summed E-state index contributed by atoms with van der Waals surface area (Å²) in [5, 5.41) is 3.75. The molecule has 0 N–H and O–H groups in total. The second-order valence-corrected chi connectivity index (χ2v) is 4.24. The minimum atomic E-state index is -4.84. The largest absolute Gasteiger partial charge is 0.454 e. The molecule has 0 amide bonds. The summed E-state index contributed by atoms with van der Waals surface area (Å²) in [4.78, 5) is 10.9. The highest BCUT2D eigenvalue weighted by atomic mass is 19.4. The van der Waals surface area contributed by atoms with Gasteiger partial charge in [-0.3, -0.25) is 9.48 Å². The fraction of sp³-hybridized carbons (Fsp3) is 0.636. The summed E-state index contributed by atoms with van der Waals surface area (Å²) in [5.41, 5.74) is -0.421. The molecular weight excluding hydrogens is 249 g/mol. The van der Waals surface area contributed by atoms with Crippen molar-refractivity contribution in [2.75, 3.05) is 6.61 Å². The normalized spacial score (nSPS) is 20.3. The van der Waals surface area contributed by atoms with Crippen molar-refractivity contribution >= 4 is 5.78 Å². The smallest absolute Gasteiger partial charge is 0.378 e. The van der Waals surface area contributed by atoms with Crippen molar-refractivity contribution in [1.29, 1.82) is 0 Å². The van der Waals surface area contributed by atoms with Gasteiger partial charge in [0.05, 0.1) is 17.9 Å². The molecule has 0 radical (unpaired) electrons. The van der Waals surface area contributed by atoms with Gasteiger partial charge in [-0.2, -0.15) is 18.3 Å². The van der Waals surface area contributed by atoms with Crippen LogP contribution in [0, 0.1) is 0 Å². The number of aromatic nitrogens is 2. The number of hydrogen-bond acceptors (Lipinski definition) is 3. The van der Waals surface area contributed by atoms with Crippen LogP contribution in [0.2, 0.25) is 0 Å². The fourth-order valence-corrected chi connectivity index (χ4v) is 1.92. The van der Waals surface area contributed by atoms with Gasteiger partial charge in [-0.05, 0) is 19.3 Å². The number of carbonyl (C=O) groups is 1. The second kappa shape index (κ2) is 5.09. The Morgan fingerprint density at radius 2 is 2.33 bits per heavy atom. The van der Waals surface area contributed by atoms with Crippen molar-refractivity contribution in [3.05, 3.63) is 18.0 Å². The first-order chi connectivity index (χ1) is 8.47. The van der Waals surface area contributed by atoms with Crippen LogP contribution in [0.5, 0.6) is 0 Å². The van der Waals surface area contributed by atoms with E-state index >= 15 is 0 Å². The minimum Gasteiger partial charge on any atom is -0.378 e. The molecule has 4 nitrogen and oxygen atoms in total. The van der Waals surface area contributed by atoms with Gasteiger partial charge in [0.1, 0.15) is 0 Å². The van der Waals surface area contributed by atoms with Crippen molar-refractivity contribution in [3.63, 3.8) is 0 Å². The molecule has 2 rings (SSSR count). The first-order valence-electron chi connectivity index (χ1n) is 5.72. The van der Waals surface area contributed by atoms with E-state index in [0.29, 0.717) is 13.0 Å². The molecule has 2 heterocycles. The summed E-state index contributed by atoms with van der Waals surface area (Å²) in [6, 6.07) is 0. The lowest BCUT2D eigenvalue weighted by Gasteiger charge is -2.08. The molecule has 0 aliphatic carbocycles. The van der Waals surface area contributed by atoms with E-state index in [0.717, 1.165) is 31.8 Å². The van der Waals surface area contributed by atoms with Crippen LogP contribution in [-0.2, 0) is 11.3 Å². The number of carbonyl (C=O) groups excluding carboxylic acids is 1. The maximum atomic E-state index is 12.2. The Morgan fingerprint density at radius 3 is 2.94 bits per heavy atom. The Kier molecular flexibility index (Phi) is 3.70. The quantitative estimate of drug-likeness (QED) is 0.781. The van der Waals surface area contributed by atoms with Gasteiger partial charge in [-0.25, -0.2) is 0 Å². The predicted octanol–water partition coefficient (Wildman–Crippen LogP) is 2.20. The maximum Gasteiger partial charge on any atom is 0.454 e. The number of hydrogen-bond donors (Lipinski definition) is 0. The summed E-state index contributed by atoms with van der Waals surface area (Å²) >= 11 is 0. The summed E-state index contributed by atoms with van der Waals surface area (Å²) in [6.45, 7) is 1.19. The van der Waals surface area contributed by atoms with E-state index in [9.17, 15) is 18.0 Å². The molecule has 1 unspecified atom stereocenters.